The van der Waals surface area contributed by atoms with Crippen LogP contribution in [0.5, 0.6) is 0 Å². The molecule has 0 spiro atoms. The second-order valence-electron chi connectivity index (χ2n) is 4.70. The molecule has 0 aliphatic carbocycles. The van der Waals surface area contributed by atoms with Gasteiger partial charge < -0.3 is 9.77 Å². The lowest BCUT2D eigenvalue weighted by atomic mass is 10.1. The third-order valence-corrected chi connectivity index (χ3v) is 3.43. The van der Waals surface area contributed by atoms with Crippen molar-refractivity contribution in [3.05, 3.63) is 71.4 Å². The van der Waals surface area contributed by atoms with Gasteiger partial charge in [0, 0.05) is 29.1 Å². The van der Waals surface area contributed by atoms with E-state index in [9.17, 15) is 0 Å². The monoisotopic (exact) mass is 274 g/mol. The van der Waals surface area contributed by atoms with Crippen LogP contribution < -0.4 is 0 Å². The van der Waals surface area contributed by atoms with E-state index in [1.807, 2.05) is 66.2 Å². The van der Waals surface area contributed by atoms with Gasteiger partial charge in [0.1, 0.15) is 5.69 Å². The molecule has 2 aromatic carbocycles. The van der Waals surface area contributed by atoms with Gasteiger partial charge in [-0.15, -0.1) is 0 Å². The molecule has 0 radical (unpaired) electrons. The van der Waals surface area contributed by atoms with Gasteiger partial charge in [0.2, 0.25) is 0 Å². The number of hydrogen-bond donors (Lipinski definition) is 1. The van der Waals surface area contributed by atoms with Gasteiger partial charge in [-0.05, 0) is 24.1 Å². The number of benzene rings is 2. The third-order valence-electron chi connectivity index (χ3n) is 3.43. The Morgan fingerprint density at radius 3 is 2.48 bits per heavy atom. The molecule has 0 saturated carbocycles. The molecular formula is C18H14N2O. The zero-order valence-corrected chi connectivity index (χ0v) is 11.6. The van der Waals surface area contributed by atoms with E-state index in [-0.39, 0.29) is 0 Å². The van der Waals surface area contributed by atoms with E-state index in [4.69, 9.17) is 5.21 Å². The van der Waals surface area contributed by atoms with Gasteiger partial charge in [0.25, 0.3) is 0 Å². The Morgan fingerprint density at radius 1 is 1.00 bits per heavy atom. The van der Waals surface area contributed by atoms with Crippen molar-refractivity contribution >= 4 is 17.1 Å². The minimum atomic E-state index is 0.831. The molecule has 3 aromatic rings. The molecule has 0 unspecified atom stereocenters. The molecule has 0 saturated heterocycles. The SMILES string of the molecule is Cn1c(C#Cc2ccccc2)c(C=NO)c2ccccc21. The molecule has 1 aromatic heterocycles. The van der Waals surface area contributed by atoms with Crippen LogP contribution in [0.25, 0.3) is 10.9 Å². The molecule has 3 nitrogen and oxygen atoms in total. The second-order valence-corrected chi connectivity index (χ2v) is 4.70. The maximum absolute atomic E-state index is 8.91. The zero-order chi connectivity index (χ0) is 14.7. The smallest absolute Gasteiger partial charge is 0.102 e. The number of nitrogens with zero attached hydrogens (tertiary/aromatic N) is 2. The van der Waals surface area contributed by atoms with E-state index >= 15 is 0 Å². The lowest BCUT2D eigenvalue weighted by Crippen LogP contribution is -1.94. The predicted molar refractivity (Wildman–Crippen MR) is 84.7 cm³/mol. The summed E-state index contributed by atoms with van der Waals surface area (Å²) in [6.07, 6.45) is 1.44. The quantitative estimate of drug-likeness (QED) is 0.314. The Balaban J connectivity index is 2.21. The molecule has 3 rings (SSSR count). The molecule has 1 N–H and O–H groups in total. The van der Waals surface area contributed by atoms with Crippen molar-refractivity contribution in [2.24, 2.45) is 12.2 Å². The molecule has 0 bridgehead atoms. The highest BCUT2D eigenvalue weighted by atomic mass is 16.4. The van der Waals surface area contributed by atoms with Crippen LogP contribution in [0.4, 0.5) is 0 Å². The third kappa shape index (κ3) is 2.39. The highest BCUT2D eigenvalue weighted by Gasteiger charge is 2.11. The van der Waals surface area contributed by atoms with E-state index in [0.717, 1.165) is 27.7 Å². The van der Waals surface area contributed by atoms with Crippen LogP contribution in [0.15, 0.2) is 59.8 Å². The first-order valence-electron chi connectivity index (χ1n) is 6.63. The fraction of sp³-hybridized carbons (Fsp3) is 0.0556. The molecule has 21 heavy (non-hydrogen) atoms. The van der Waals surface area contributed by atoms with Crippen LogP contribution in [0.2, 0.25) is 0 Å². The van der Waals surface area contributed by atoms with E-state index < -0.39 is 0 Å². The number of aryl methyl sites for hydroxylation is 1. The van der Waals surface area contributed by atoms with E-state index in [0.29, 0.717) is 0 Å². The molecular weight excluding hydrogens is 260 g/mol. The summed E-state index contributed by atoms with van der Waals surface area (Å²) in [7, 11) is 1.96. The standard InChI is InChI=1S/C18H14N2O/c1-20-17-10-6-5-9-15(17)16(13-19-21)18(20)12-11-14-7-3-2-4-8-14/h2-10,13,21H,1H3. The fourth-order valence-electron chi connectivity index (χ4n) is 2.42. The maximum atomic E-state index is 8.91. The molecule has 0 amide bonds. The van der Waals surface area contributed by atoms with Crippen molar-refractivity contribution in [2.45, 2.75) is 0 Å². The van der Waals surface area contributed by atoms with Gasteiger partial charge in [0.05, 0.1) is 6.21 Å². The van der Waals surface area contributed by atoms with Crippen LogP contribution in [-0.4, -0.2) is 16.0 Å². The summed E-state index contributed by atoms with van der Waals surface area (Å²) in [5.41, 5.74) is 3.68. The van der Waals surface area contributed by atoms with Crippen molar-refractivity contribution in [3.8, 4) is 11.8 Å². The number of fused-ring (bicyclic) bond motifs is 1. The summed E-state index contributed by atoms with van der Waals surface area (Å²) in [4.78, 5) is 0. The number of aromatic nitrogens is 1. The van der Waals surface area contributed by atoms with Crippen molar-refractivity contribution in [2.75, 3.05) is 0 Å². The van der Waals surface area contributed by atoms with Gasteiger partial charge in [0.15, 0.2) is 0 Å². The zero-order valence-electron chi connectivity index (χ0n) is 11.6. The number of rotatable bonds is 1. The maximum Gasteiger partial charge on any atom is 0.102 e. The Hall–Kier alpha value is -2.99. The summed E-state index contributed by atoms with van der Waals surface area (Å²) in [5, 5.41) is 13.1. The number of oxime groups is 1. The molecule has 102 valence electrons. The van der Waals surface area contributed by atoms with Crippen molar-refractivity contribution in [3.63, 3.8) is 0 Å². The van der Waals surface area contributed by atoms with Gasteiger partial charge in [-0.25, -0.2) is 0 Å². The molecule has 1 heterocycles. The highest BCUT2D eigenvalue weighted by Crippen LogP contribution is 2.23. The first-order chi connectivity index (χ1) is 10.3. The summed E-state index contributed by atoms with van der Waals surface area (Å²) < 4.78 is 2.02. The minimum Gasteiger partial charge on any atom is -0.411 e. The predicted octanol–water partition coefficient (Wildman–Crippen LogP) is 3.39. The van der Waals surface area contributed by atoms with Gasteiger partial charge in [-0.1, -0.05) is 47.5 Å². The molecule has 0 aliphatic rings. The van der Waals surface area contributed by atoms with E-state index in [1.165, 1.54) is 6.21 Å². The molecule has 3 heteroatoms. The Kier molecular flexibility index (Phi) is 3.44. The number of para-hydroxylation sites is 1. The Morgan fingerprint density at radius 2 is 1.71 bits per heavy atom. The average Bonchev–Trinajstić information content (AvgIpc) is 2.80. The second kappa shape index (κ2) is 5.56. The lowest BCUT2D eigenvalue weighted by molar-refractivity contribution is 0.322. The van der Waals surface area contributed by atoms with Crippen LogP contribution in [-0.2, 0) is 7.05 Å². The molecule has 0 atom stereocenters. The van der Waals surface area contributed by atoms with E-state index in [2.05, 4.69) is 17.0 Å². The van der Waals surface area contributed by atoms with Crippen molar-refractivity contribution in [1.29, 1.82) is 0 Å². The van der Waals surface area contributed by atoms with Crippen molar-refractivity contribution < 1.29 is 5.21 Å². The van der Waals surface area contributed by atoms with E-state index in [1.54, 1.807) is 0 Å². The Bertz CT molecular complexity index is 865. The molecule has 0 fully saturated rings. The summed E-state index contributed by atoms with van der Waals surface area (Å²) >= 11 is 0. The number of hydrogen-bond acceptors (Lipinski definition) is 2. The van der Waals surface area contributed by atoms with Crippen LogP contribution in [0.3, 0.4) is 0 Å². The van der Waals surface area contributed by atoms with Gasteiger partial charge in [-0.2, -0.15) is 0 Å². The van der Waals surface area contributed by atoms with Gasteiger partial charge >= 0.3 is 0 Å². The van der Waals surface area contributed by atoms with Crippen LogP contribution >= 0.6 is 0 Å². The van der Waals surface area contributed by atoms with Crippen molar-refractivity contribution in [1.82, 2.24) is 4.57 Å². The summed E-state index contributed by atoms with van der Waals surface area (Å²) in [5.74, 6) is 6.33. The average molecular weight is 274 g/mol. The first kappa shape index (κ1) is 13.0. The van der Waals surface area contributed by atoms with Gasteiger partial charge in [-0.3, -0.25) is 0 Å². The first-order valence-corrected chi connectivity index (χ1v) is 6.63. The minimum absolute atomic E-state index is 0.831. The van der Waals surface area contributed by atoms with Crippen LogP contribution in [0, 0.1) is 11.8 Å². The fourth-order valence-corrected chi connectivity index (χ4v) is 2.42. The van der Waals surface area contributed by atoms with Crippen LogP contribution in [0.1, 0.15) is 16.8 Å². The normalized spacial score (nSPS) is 10.7. The highest BCUT2D eigenvalue weighted by molar-refractivity contribution is 6.02. The topological polar surface area (TPSA) is 37.5 Å². The largest absolute Gasteiger partial charge is 0.411 e. The Labute approximate surface area is 123 Å². The summed E-state index contributed by atoms with van der Waals surface area (Å²) in [6.45, 7) is 0. The summed E-state index contributed by atoms with van der Waals surface area (Å²) in [6, 6.07) is 17.8. The molecule has 0 aliphatic heterocycles. The lowest BCUT2D eigenvalue weighted by Gasteiger charge is -1.97.